The predicted octanol–water partition coefficient (Wildman–Crippen LogP) is 2.06. The van der Waals surface area contributed by atoms with Crippen molar-refractivity contribution in [3.63, 3.8) is 0 Å². The molecule has 0 amide bonds. The fraction of sp³-hybridized carbons (Fsp3) is 0.231. The van der Waals surface area contributed by atoms with E-state index >= 15 is 0 Å². The minimum Gasteiger partial charge on any atom is -0.345 e. The van der Waals surface area contributed by atoms with Crippen LogP contribution in [0, 0.1) is 0 Å². The van der Waals surface area contributed by atoms with Gasteiger partial charge in [-0.2, -0.15) is 0 Å². The molecule has 0 saturated carbocycles. The summed E-state index contributed by atoms with van der Waals surface area (Å²) in [6.07, 6.45) is 3.57. The predicted molar refractivity (Wildman–Crippen MR) is 71.1 cm³/mol. The summed E-state index contributed by atoms with van der Waals surface area (Å²) in [7, 11) is 0. The van der Waals surface area contributed by atoms with Gasteiger partial charge in [-0.05, 0) is 18.7 Å². The number of nitrogens with zero attached hydrogens (tertiary/aromatic N) is 2. The van der Waals surface area contributed by atoms with E-state index in [1.54, 1.807) is 6.33 Å². The molecule has 5 heteroatoms. The van der Waals surface area contributed by atoms with Gasteiger partial charge in [-0.25, -0.2) is 9.97 Å². The van der Waals surface area contributed by atoms with Crippen LogP contribution in [0.1, 0.15) is 12.7 Å². The highest BCUT2D eigenvalue weighted by molar-refractivity contribution is 5.80. The van der Waals surface area contributed by atoms with Crippen molar-refractivity contribution in [3.8, 4) is 11.3 Å². The first-order chi connectivity index (χ1) is 8.86. The van der Waals surface area contributed by atoms with Gasteiger partial charge in [0.2, 0.25) is 0 Å². The molecule has 92 valence electrons. The lowest BCUT2D eigenvalue weighted by Gasteiger charge is -1.98. The molecule has 5 nitrogen and oxygen atoms in total. The van der Waals surface area contributed by atoms with Gasteiger partial charge in [-0.1, -0.05) is 13.0 Å². The highest BCUT2D eigenvalue weighted by Gasteiger charge is 2.04. The van der Waals surface area contributed by atoms with Crippen LogP contribution >= 0.6 is 0 Å². The van der Waals surface area contributed by atoms with Crippen LogP contribution in [-0.4, -0.2) is 26.5 Å². The Bertz CT molecular complexity index is 652. The van der Waals surface area contributed by atoms with Crippen LogP contribution in [0.4, 0.5) is 0 Å². The Morgan fingerprint density at radius 1 is 1.28 bits per heavy atom. The second kappa shape index (κ2) is 4.62. The van der Waals surface area contributed by atoms with E-state index in [2.05, 4.69) is 38.2 Å². The minimum absolute atomic E-state index is 0.767. The Morgan fingerprint density at radius 2 is 2.22 bits per heavy atom. The largest absolute Gasteiger partial charge is 0.345 e. The van der Waals surface area contributed by atoms with Crippen molar-refractivity contribution in [2.24, 2.45) is 0 Å². The number of imidazole rings is 2. The molecule has 2 heterocycles. The number of fused-ring (bicyclic) bond motifs is 1. The van der Waals surface area contributed by atoms with E-state index in [9.17, 15) is 0 Å². The zero-order chi connectivity index (χ0) is 12.4. The molecule has 0 aliphatic carbocycles. The molecule has 0 bridgehead atoms. The molecular weight excluding hydrogens is 226 g/mol. The Morgan fingerprint density at radius 3 is 3.11 bits per heavy atom. The third-order valence-electron chi connectivity index (χ3n) is 2.90. The van der Waals surface area contributed by atoms with E-state index in [4.69, 9.17) is 0 Å². The van der Waals surface area contributed by atoms with Crippen LogP contribution in [0.3, 0.4) is 0 Å². The average molecular weight is 241 g/mol. The fourth-order valence-electron chi connectivity index (χ4n) is 1.95. The third kappa shape index (κ3) is 2.00. The first-order valence-electron chi connectivity index (χ1n) is 6.05. The number of benzene rings is 1. The number of rotatable bonds is 4. The highest BCUT2D eigenvalue weighted by atomic mass is 15.0. The average Bonchev–Trinajstić information content (AvgIpc) is 3.04. The van der Waals surface area contributed by atoms with E-state index in [1.165, 1.54) is 0 Å². The molecule has 3 N–H and O–H groups in total. The molecule has 18 heavy (non-hydrogen) atoms. The molecule has 1 aromatic carbocycles. The number of nitrogens with one attached hydrogen (secondary N) is 3. The number of H-pyrrole nitrogens is 2. The van der Waals surface area contributed by atoms with Crippen molar-refractivity contribution < 1.29 is 0 Å². The van der Waals surface area contributed by atoms with Crippen LogP contribution in [0.15, 0.2) is 30.7 Å². The van der Waals surface area contributed by atoms with Crippen LogP contribution in [0.25, 0.3) is 22.3 Å². The van der Waals surface area contributed by atoms with Gasteiger partial charge in [0.05, 0.1) is 35.8 Å². The SMILES string of the molecule is CCNCc1ncc(-c2ccc3nc[nH]c3c2)[nH]1. The van der Waals surface area contributed by atoms with Crippen molar-refractivity contribution in [2.45, 2.75) is 13.5 Å². The Kier molecular flexibility index (Phi) is 2.82. The molecule has 3 rings (SSSR count). The molecule has 3 aromatic rings. The normalized spacial score (nSPS) is 11.2. The maximum Gasteiger partial charge on any atom is 0.120 e. The molecule has 2 aromatic heterocycles. The second-order valence-electron chi connectivity index (χ2n) is 4.16. The minimum atomic E-state index is 0.767. The lowest BCUT2D eigenvalue weighted by Crippen LogP contribution is -2.12. The summed E-state index contributed by atoms with van der Waals surface area (Å²) in [5.41, 5.74) is 4.16. The van der Waals surface area contributed by atoms with Gasteiger partial charge >= 0.3 is 0 Å². The number of aromatic nitrogens is 4. The van der Waals surface area contributed by atoms with Crippen LogP contribution in [0.2, 0.25) is 0 Å². The van der Waals surface area contributed by atoms with Crippen molar-refractivity contribution in [3.05, 3.63) is 36.5 Å². The van der Waals surface area contributed by atoms with Crippen LogP contribution in [0.5, 0.6) is 0 Å². The van der Waals surface area contributed by atoms with Crippen molar-refractivity contribution in [2.75, 3.05) is 6.54 Å². The summed E-state index contributed by atoms with van der Waals surface area (Å²) in [5.74, 6) is 0.955. The van der Waals surface area contributed by atoms with E-state index in [0.717, 1.165) is 41.2 Å². The topological polar surface area (TPSA) is 69.4 Å². The quantitative estimate of drug-likeness (QED) is 0.655. The maximum atomic E-state index is 4.35. The molecule has 0 atom stereocenters. The van der Waals surface area contributed by atoms with Gasteiger partial charge < -0.3 is 15.3 Å². The van der Waals surface area contributed by atoms with E-state index in [-0.39, 0.29) is 0 Å². The van der Waals surface area contributed by atoms with Gasteiger partial charge in [0, 0.05) is 5.56 Å². The molecule has 0 aliphatic rings. The molecule has 0 aliphatic heterocycles. The lowest BCUT2D eigenvalue weighted by molar-refractivity contribution is 0.698. The molecule has 0 radical (unpaired) electrons. The summed E-state index contributed by atoms with van der Waals surface area (Å²) >= 11 is 0. The van der Waals surface area contributed by atoms with Crippen molar-refractivity contribution in [1.29, 1.82) is 0 Å². The molecule has 0 fully saturated rings. The van der Waals surface area contributed by atoms with Gasteiger partial charge in [0.15, 0.2) is 0 Å². The van der Waals surface area contributed by atoms with Crippen molar-refractivity contribution in [1.82, 2.24) is 25.3 Å². The van der Waals surface area contributed by atoms with Crippen molar-refractivity contribution >= 4 is 11.0 Å². The third-order valence-corrected chi connectivity index (χ3v) is 2.90. The smallest absolute Gasteiger partial charge is 0.120 e. The molecule has 0 unspecified atom stereocenters. The molecule has 0 spiro atoms. The second-order valence-corrected chi connectivity index (χ2v) is 4.16. The summed E-state index contributed by atoms with van der Waals surface area (Å²) in [6.45, 7) is 3.79. The fourth-order valence-corrected chi connectivity index (χ4v) is 1.95. The van der Waals surface area contributed by atoms with Gasteiger partial charge in [-0.15, -0.1) is 0 Å². The molecular formula is C13H15N5. The zero-order valence-corrected chi connectivity index (χ0v) is 10.2. The zero-order valence-electron chi connectivity index (χ0n) is 10.2. The van der Waals surface area contributed by atoms with Gasteiger partial charge in [0.1, 0.15) is 5.82 Å². The number of hydrogen-bond acceptors (Lipinski definition) is 3. The van der Waals surface area contributed by atoms with Crippen LogP contribution < -0.4 is 5.32 Å². The first-order valence-corrected chi connectivity index (χ1v) is 6.05. The lowest BCUT2D eigenvalue weighted by atomic mass is 10.1. The van der Waals surface area contributed by atoms with Gasteiger partial charge in [-0.3, -0.25) is 0 Å². The van der Waals surface area contributed by atoms with E-state index in [1.807, 2.05) is 18.3 Å². The highest BCUT2D eigenvalue weighted by Crippen LogP contribution is 2.21. The summed E-state index contributed by atoms with van der Waals surface area (Å²) in [4.78, 5) is 15.0. The standard InChI is InChI=1S/C13H15N5/c1-2-14-7-13-15-6-12(18-13)9-3-4-10-11(5-9)17-8-16-10/h3-6,8,14H,2,7H2,1H3,(H,15,18)(H,16,17). The van der Waals surface area contributed by atoms with Gasteiger partial charge in [0.25, 0.3) is 0 Å². The van der Waals surface area contributed by atoms with E-state index < -0.39 is 0 Å². The summed E-state index contributed by atoms with van der Waals surface area (Å²) < 4.78 is 0. The van der Waals surface area contributed by atoms with Crippen LogP contribution in [-0.2, 0) is 6.54 Å². The Balaban J connectivity index is 1.90. The summed E-state index contributed by atoms with van der Waals surface area (Å²) in [6, 6.07) is 6.13. The Labute approximate surface area is 105 Å². The number of aromatic amines is 2. The monoisotopic (exact) mass is 241 g/mol. The first kappa shape index (κ1) is 11.0. The Hall–Kier alpha value is -2.14. The number of hydrogen-bond donors (Lipinski definition) is 3. The van der Waals surface area contributed by atoms with E-state index in [0.29, 0.717) is 0 Å². The maximum absolute atomic E-state index is 4.35. The summed E-state index contributed by atoms with van der Waals surface area (Å²) in [5, 5.41) is 3.24. The molecule has 0 saturated heterocycles.